The number of nitrogens with one attached hydrogen (secondary N) is 3. The first-order valence-electron chi connectivity index (χ1n) is 11.3. The molecule has 0 aliphatic rings. The van der Waals surface area contributed by atoms with Crippen LogP contribution < -0.4 is 20.7 Å². The van der Waals surface area contributed by atoms with Crippen molar-refractivity contribution >= 4 is 11.9 Å². The van der Waals surface area contributed by atoms with Gasteiger partial charge in [-0.1, -0.05) is 24.3 Å². The number of aryl methyl sites for hydroxylation is 1. The molecule has 0 aliphatic carbocycles. The van der Waals surface area contributed by atoms with E-state index in [4.69, 9.17) is 9.47 Å². The number of hydrogen-bond donors (Lipinski definition) is 3. The molecule has 32 heavy (non-hydrogen) atoms. The maximum Gasteiger partial charge on any atom is 0.251 e. The van der Waals surface area contributed by atoms with Crippen LogP contribution in [0.15, 0.2) is 47.5 Å². The Morgan fingerprint density at radius 2 is 1.69 bits per heavy atom. The number of carbonyl (C=O) groups is 1. The first-order chi connectivity index (χ1) is 15.6. The van der Waals surface area contributed by atoms with Crippen molar-refractivity contribution in [2.75, 3.05) is 32.9 Å². The number of hydrogen-bond acceptors (Lipinski definition) is 4. The summed E-state index contributed by atoms with van der Waals surface area (Å²) in [5, 5.41) is 9.46. The van der Waals surface area contributed by atoms with E-state index in [9.17, 15) is 4.79 Å². The molecule has 1 amide bonds. The predicted octanol–water partition coefficient (Wildman–Crippen LogP) is 3.42. The Morgan fingerprint density at radius 3 is 2.38 bits per heavy atom. The molecule has 0 aliphatic heterocycles. The lowest BCUT2D eigenvalue weighted by Gasteiger charge is -2.15. The molecule has 0 aromatic heterocycles. The lowest BCUT2D eigenvalue weighted by molar-refractivity contribution is 0.0956. The van der Waals surface area contributed by atoms with Crippen molar-refractivity contribution in [3.63, 3.8) is 0 Å². The quantitative estimate of drug-likeness (QED) is 0.268. The van der Waals surface area contributed by atoms with Crippen LogP contribution in [0.5, 0.6) is 5.75 Å². The first kappa shape index (κ1) is 25.2. The van der Waals surface area contributed by atoms with Gasteiger partial charge in [-0.25, -0.2) is 4.99 Å². The van der Waals surface area contributed by atoms with Crippen LogP contribution in [0.4, 0.5) is 0 Å². The molecule has 0 saturated carbocycles. The third kappa shape index (κ3) is 8.59. The van der Waals surface area contributed by atoms with E-state index in [1.807, 2.05) is 51.1 Å². The number of guanidine groups is 1. The molecule has 2 aromatic carbocycles. The summed E-state index contributed by atoms with van der Waals surface area (Å²) in [5.74, 6) is 1.52. The monoisotopic (exact) mass is 440 g/mol. The van der Waals surface area contributed by atoms with Crippen LogP contribution in [0.3, 0.4) is 0 Å². The lowest BCUT2D eigenvalue weighted by atomic mass is 10.1. The van der Waals surface area contributed by atoms with Crippen molar-refractivity contribution in [1.82, 2.24) is 16.0 Å². The summed E-state index contributed by atoms with van der Waals surface area (Å²) in [4.78, 5) is 16.6. The van der Waals surface area contributed by atoms with Gasteiger partial charge in [-0.3, -0.25) is 4.79 Å². The molecule has 7 heteroatoms. The number of benzene rings is 2. The van der Waals surface area contributed by atoms with Crippen molar-refractivity contribution in [2.24, 2.45) is 4.99 Å². The number of ether oxygens (including phenoxy) is 2. The SMILES string of the molecule is CCNC(=O)c1ccc(CN=C(NCC)NCc2ccc(C)cc2OCCOCC)cc1. The second kappa shape index (κ2) is 14.1. The Bertz CT molecular complexity index is 866. The third-order valence-electron chi connectivity index (χ3n) is 4.68. The van der Waals surface area contributed by atoms with E-state index in [0.717, 1.165) is 34.9 Å². The highest BCUT2D eigenvalue weighted by molar-refractivity contribution is 5.94. The Hall–Kier alpha value is -3.06. The van der Waals surface area contributed by atoms with E-state index in [1.54, 1.807) is 0 Å². The highest BCUT2D eigenvalue weighted by Crippen LogP contribution is 2.20. The second-order valence-corrected chi connectivity index (χ2v) is 7.26. The van der Waals surface area contributed by atoms with Crippen LogP contribution in [0.25, 0.3) is 0 Å². The van der Waals surface area contributed by atoms with Gasteiger partial charge in [-0.15, -0.1) is 0 Å². The summed E-state index contributed by atoms with van der Waals surface area (Å²) >= 11 is 0. The molecule has 2 rings (SSSR count). The highest BCUT2D eigenvalue weighted by Gasteiger charge is 2.07. The van der Waals surface area contributed by atoms with Crippen LogP contribution in [0.2, 0.25) is 0 Å². The van der Waals surface area contributed by atoms with Crippen LogP contribution in [0.1, 0.15) is 47.8 Å². The molecule has 0 fully saturated rings. The summed E-state index contributed by atoms with van der Waals surface area (Å²) in [6.45, 7) is 12.2. The van der Waals surface area contributed by atoms with E-state index in [-0.39, 0.29) is 5.91 Å². The maximum atomic E-state index is 11.9. The first-order valence-corrected chi connectivity index (χ1v) is 11.3. The van der Waals surface area contributed by atoms with E-state index in [2.05, 4.69) is 40.0 Å². The topological polar surface area (TPSA) is 84.0 Å². The number of rotatable bonds is 12. The molecule has 0 unspecified atom stereocenters. The summed E-state index contributed by atoms with van der Waals surface area (Å²) in [6, 6.07) is 13.7. The van der Waals surface area contributed by atoms with Gasteiger partial charge in [-0.2, -0.15) is 0 Å². The second-order valence-electron chi connectivity index (χ2n) is 7.26. The zero-order valence-electron chi connectivity index (χ0n) is 19.7. The van der Waals surface area contributed by atoms with Gasteiger partial charge < -0.3 is 25.4 Å². The lowest BCUT2D eigenvalue weighted by Crippen LogP contribution is -2.36. The molecule has 3 N–H and O–H groups in total. The van der Waals surface area contributed by atoms with Crippen molar-refractivity contribution in [3.8, 4) is 5.75 Å². The van der Waals surface area contributed by atoms with Crippen LogP contribution in [-0.4, -0.2) is 44.8 Å². The molecule has 0 atom stereocenters. The average Bonchev–Trinajstić information content (AvgIpc) is 2.80. The number of aliphatic imine (C=N–C) groups is 1. The largest absolute Gasteiger partial charge is 0.491 e. The molecule has 174 valence electrons. The van der Waals surface area contributed by atoms with Gasteiger partial charge in [0, 0.05) is 37.4 Å². The predicted molar refractivity (Wildman–Crippen MR) is 129 cm³/mol. The summed E-state index contributed by atoms with van der Waals surface area (Å²) in [7, 11) is 0. The van der Waals surface area contributed by atoms with Gasteiger partial charge in [0.25, 0.3) is 5.91 Å². The maximum absolute atomic E-state index is 11.9. The zero-order chi connectivity index (χ0) is 23.2. The minimum absolute atomic E-state index is 0.0602. The third-order valence-corrected chi connectivity index (χ3v) is 4.68. The van der Waals surface area contributed by atoms with Gasteiger partial charge in [0.15, 0.2) is 5.96 Å². The van der Waals surface area contributed by atoms with Crippen molar-refractivity contribution in [2.45, 2.75) is 40.8 Å². The summed E-state index contributed by atoms with van der Waals surface area (Å²) in [6.07, 6.45) is 0. The van der Waals surface area contributed by atoms with Gasteiger partial charge in [0.1, 0.15) is 12.4 Å². The van der Waals surface area contributed by atoms with Crippen molar-refractivity contribution < 1.29 is 14.3 Å². The van der Waals surface area contributed by atoms with E-state index in [0.29, 0.717) is 45.0 Å². The molecule has 0 spiro atoms. The zero-order valence-corrected chi connectivity index (χ0v) is 19.7. The van der Waals surface area contributed by atoms with Gasteiger partial charge in [0.05, 0.1) is 13.2 Å². The average molecular weight is 441 g/mol. The molecule has 0 saturated heterocycles. The van der Waals surface area contributed by atoms with Gasteiger partial charge >= 0.3 is 0 Å². The molecular formula is C25H36N4O3. The Morgan fingerprint density at radius 1 is 0.938 bits per heavy atom. The minimum Gasteiger partial charge on any atom is -0.491 e. The standard InChI is InChI=1S/C25H36N4O3/c1-5-26-24(30)21-12-9-20(10-13-21)17-28-25(27-6-2)29-18-22-11-8-19(4)16-23(22)32-15-14-31-7-3/h8-13,16H,5-7,14-15,17-18H2,1-4H3,(H,26,30)(H2,27,28,29). The van der Waals surface area contributed by atoms with Crippen LogP contribution in [-0.2, 0) is 17.8 Å². The Balaban J connectivity index is 1.99. The van der Waals surface area contributed by atoms with Crippen molar-refractivity contribution in [3.05, 3.63) is 64.7 Å². The Labute approximate surface area is 191 Å². The van der Waals surface area contributed by atoms with Crippen LogP contribution in [0, 0.1) is 6.92 Å². The number of carbonyl (C=O) groups excluding carboxylic acids is 1. The Kier molecular flexibility index (Phi) is 11.1. The van der Waals surface area contributed by atoms with Crippen molar-refractivity contribution in [1.29, 1.82) is 0 Å². The van der Waals surface area contributed by atoms with E-state index >= 15 is 0 Å². The van der Waals surface area contributed by atoms with Crippen LogP contribution >= 0.6 is 0 Å². The summed E-state index contributed by atoms with van der Waals surface area (Å²) < 4.78 is 11.3. The van der Waals surface area contributed by atoms with E-state index in [1.165, 1.54) is 0 Å². The fourth-order valence-electron chi connectivity index (χ4n) is 3.01. The molecule has 0 radical (unpaired) electrons. The number of amides is 1. The highest BCUT2D eigenvalue weighted by atomic mass is 16.5. The van der Waals surface area contributed by atoms with E-state index < -0.39 is 0 Å². The summed E-state index contributed by atoms with van der Waals surface area (Å²) in [5.41, 5.74) is 3.90. The molecule has 2 aromatic rings. The number of nitrogens with zero attached hydrogens (tertiary/aromatic N) is 1. The van der Waals surface area contributed by atoms with Gasteiger partial charge in [-0.05, 0) is 57.0 Å². The fourth-order valence-corrected chi connectivity index (χ4v) is 3.01. The molecular weight excluding hydrogens is 404 g/mol. The normalized spacial score (nSPS) is 11.2. The molecule has 0 bridgehead atoms. The molecule has 0 heterocycles. The smallest absolute Gasteiger partial charge is 0.251 e. The molecule has 7 nitrogen and oxygen atoms in total. The fraction of sp³-hybridized carbons (Fsp3) is 0.440. The minimum atomic E-state index is -0.0602. The van der Waals surface area contributed by atoms with Gasteiger partial charge in [0.2, 0.25) is 0 Å².